The van der Waals surface area contributed by atoms with Crippen molar-refractivity contribution in [1.82, 2.24) is 9.55 Å². The number of nitrogens with one attached hydrogen (secondary N) is 1. The van der Waals surface area contributed by atoms with E-state index >= 15 is 0 Å². The van der Waals surface area contributed by atoms with Crippen LogP contribution in [0.1, 0.15) is 64.0 Å². The Balaban J connectivity index is 1.31. The van der Waals surface area contributed by atoms with Crippen LogP contribution in [0.4, 0.5) is 0 Å². The molecule has 2 atom stereocenters. The third-order valence-corrected chi connectivity index (χ3v) is 7.68. The number of aromatic nitrogens is 2. The van der Waals surface area contributed by atoms with E-state index in [-0.39, 0.29) is 5.69 Å². The van der Waals surface area contributed by atoms with Crippen molar-refractivity contribution in [2.75, 3.05) is 0 Å². The van der Waals surface area contributed by atoms with Gasteiger partial charge >= 0.3 is 5.69 Å². The highest BCUT2D eigenvalue weighted by atomic mass is 16.1. The summed E-state index contributed by atoms with van der Waals surface area (Å²) in [6.07, 6.45) is 11.0. The van der Waals surface area contributed by atoms with Crippen molar-refractivity contribution in [3.8, 4) is 0 Å². The number of nitrogens with zero attached hydrogens (tertiary/aromatic N) is 1. The molecule has 23 heavy (non-hydrogen) atoms. The average molecular weight is 314 g/mol. The molecule has 0 aromatic carbocycles. The first-order valence-corrected chi connectivity index (χ1v) is 9.88. The summed E-state index contributed by atoms with van der Waals surface area (Å²) in [4.78, 5) is 15.0. The van der Waals surface area contributed by atoms with E-state index in [1.807, 2.05) is 10.8 Å². The van der Waals surface area contributed by atoms with E-state index in [2.05, 4.69) is 18.8 Å². The lowest BCUT2D eigenvalue weighted by molar-refractivity contribution is -0.0481. The molecule has 1 aromatic rings. The van der Waals surface area contributed by atoms with Crippen LogP contribution in [0.25, 0.3) is 0 Å². The minimum absolute atomic E-state index is 0.101. The number of imidazole rings is 1. The minimum atomic E-state index is 0.101. The summed E-state index contributed by atoms with van der Waals surface area (Å²) in [5.41, 5.74) is 1.29. The van der Waals surface area contributed by atoms with Gasteiger partial charge in [0.2, 0.25) is 0 Å². The largest absolute Gasteiger partial charge is 0.325 e. The van der Waals surface area contributed by atoms with Crippen LogP contribution >= 0.6 is 0 Å². The Morgan fingerprint density at radius 3 is 2.35 bits per heavy atom. The fraction of sp³-hybridized carbons (Fsp3) is 0.850. The van der Waals surface area contributed by atoms with Crippen molar-refractivity contribution < 1.29 is 0 Å². The van der Waals surface area contributed by atoms with Gasteiger partial charge in [0.15, 0.2) is 0 Å². The second-order valence-corrected chi connectivity index (χ2v) is 9.45. The van der Waals surface area contributed by atoms with Gasteiger partial charge in [0.1, 0.15) is 0 Å². The maximum absolute atomic E-state index is 12.1. The van der Waals surface area contributed by atoms with Gasteiger partial charge < -0.3 is 4.98 Å². The van der Waals surface area contributed by atoms with Gasteiger partial charge in [0, 0.05) is 18.4 Å². The van der Waals surface area contributed by atoms with Gasteiger partial charge in [-0.2, -0.15) is 0 Å². The first kappa shape index (κ1) is 14.4. The van der Waals surface area contributed by atoms with E-state index in [1.165, 1.54) is 37.8 Å². The highest BCUT2D eigenvalue weighted by Crippen LogP contribution is 2.63. The summed E-state index contributed by atoms with van der Waals surface area (Å²) < 4.78 is 2.03. The van der Waals surface area contributed by atoms with E-state index in [4.69, 9.17) is 0 Å². The van der Waals surface area contributed by atoms with Crippen LogP contribution in [0.3, 0.4) is 0 Å². The summed E-state index contributed by atoms with van der Waals surface area (Å²) in [6.45, 7) is 5.33. The molecule has 2 unspecified atom stereocenters. The highest BCUT2D eigenvalue weighted by molar-refractivity contribution is 5.08. The third kappa shape index (κ3) is 2.26. The number of hydrogen-bond donors (Lipinski definition) is 1. The van der Waals surface area contributed by atoms with Crippen LogP contribution < -0.4 is 5.69 Å². The molecule has 0 saturated heterocycles. The van der Waals surface area contributed by atoms with Crippen LogP contribution in [0.2, 0.25) is 0 Å². The van der Waals surface area contributed by atoms with Gasteiger partial charge in [-0.1, -0.05) is 13.8 Å². The fourth-order valence-corrected chi connectivity index (χ4v) is 6.93. The lowest BCUT2D eigenvalue weighted by atomic mass is 9.51. The van der Waals surface area contributed by atoms with Gasteiger partial charge in [-0.25, -0.2) is 4.79 Å². The van der Waals surface area contributed by atoms with E-state index in [0.29, 0.717) is 5.92 Å². The van der Waals surface area contributed by atoms with Crippen molar-refractivity contribution in [2.24, 2.45) is 41.4 Å². The maximum atomic E-state index is 12.1. The molecule has 3 heteroatoms. The van der Waals surface area contributed by atoms with E-state index in [9.17, 15) is 4.79 Å². The molecular weight excluding hydrogens is 284 g/mol. The standard InChI is InChI=1S/C20H30N2O/c1-11(2)18-9-21-20(23)22(18)10-16-8-17(16)19-14-4-12-3-13(6-14)7-15(19)5-12/h9,11-17,19H,3-8,10H2,1-2H3,(H,21,23). The molecule has 4 bridgehead atoms. The maximum Gasteiger partial charge on any atom is 0.325 e. The average Bonchev–Trinajstić information content (AvgIpc) is 3.13. The third-order valence-electron chi connectivity index (χ3n) is 7.68. The molecule has 3 nitrogen and oxygen atoms in total. The van der Waals surface area contributed by atoms with Crippen LogP contribution in [-0.2, 0) is 6.54 Å². The van der Waals surface area contributed by atoms with Crippen LogP contribution in [-0.4, -0.2) is 9.55 Å². The predicted molar refractivity (Wildman–Crippen MR) is 91.3 cm³/mol. The number of H-pyrrole nitrogens is 1. The van der Waals surface area contributed by atoms with Gasteiger partial charge in [0.05, 0.1) is 0 Å². The van der Waals surface area contributed by atoms with Crippen LogP contribution in [0.15, 0.2) is 11.0 Å². The molecule has 0 spiro atoms. The zero-order valence-corrected chi connectivity index (χ0v) is 14.5. The Bertz CT molecular complexity index is 627. The second kappa shape index (κ2) is 5.00. The molecule has 5 fully saturated rings. The van der Waals surface area contributed by atoms with E-state index in [0.717, 1.165) is 48.0 Å². The first-order chi connectivity index (χ1) is 11.1. The fourth-order valence-electron chi connectivity index (χ4n) is 6.93. The quantitative estimate of drug-likeness (QED) is 0.896. The van der Waals surface area contributed by atoms with Crippen LogP contribution in [0.5, 0.6) is 0 Å². The zero-order valence-electron chi connectivity index (χ0n) is 14.5. The number of aromatic amines is 1. The van der Waals surface area contributed by atoms with Crippen molar-refractivity contribution in [3.05, 3.63) is 22.4 Å². The van der Waals surface area contributed by atoms with Gasteiger partial charge in [-0.05, 0) is 85.9 Å². The minimum Gasteiger partial charge on any atom is -0.312 e. The molecule has 5 saturated carbocycles. The highest BCUT2D eigenvalue weighted by Gasteiger charge is 2.55. The molecule has 5 aliphatic rings. The smallest absolute Gasteiger partial charge is 0.312 e. The predicted octanol–water partition coefficient (Wildman–Crippen LogP) is 4.01. The Labute approximate surface area is 138 Å². The number of hydrogen-bond acceptors (Lipinski definition) is 1. The lowest BCUT2D eigenvalue weighted by Gasteiger charge is -2.55. The summed E-state index contributed by atoms with van der Waals surface area (Å²) in [5, 5.41) is 0. The molecule has 1 N–H and O–H groups in total. The molecule has 126 valence electrons. The summed E-state index contributed by atoms with van der Waals surface area (Å²) in [5.74, 6) is 7.34. The number of rotatable bonds is 4. The Morgan fingerprint density at radius 1 is 1.09 bits per heavy atom. The molecule has 1 heterocycles. The first-order valence-electron chi connectivity index (χ1n) is 9.88. The van der Waals surface area contributed by atoms with Crippen molar-refractivity contribution in [2.45, 2.75) is 64.8 Å². The van der Waals surface area contributed by atoms with Crippen molar-refractivity contribution in [3.63, 3.8) is 0 Å². The van der Waals surface area contributed by atoms with Gasteiger partial charge in [-0.3, -0.25) is 4.57 Å². The monoisotopic (exact) mass is 314 g/mol. The summed E-state index contributed by atoms with van der Waals surface area (Å²) >= 11 is 0. The molecule has 0 amide bonds. The molecule has 0 aliphatic heterocycles. The molecule has 1 aromatic heterocycles. The molecule has 0 radical (unpaired) electrons. The summed E-state index contributed by atoms with van der Waals surface area (Å²) in [7, 11) is 0. The van der Waals surface area contributed by atoms with Gasteiger partial charge in [0.25, 0.3) is 0 Å². The molecule has 5 aliphatic carbocycles. The topological polar surface area (TPSA) is 37.8 Å². The normalized spacial score (nSPS) is 44.2. The van der Waals surface area contributed by atoms with Gasteiger partial charge in [-0.15, -0.1) is 0 Å². The van der Waals surface area contributed by atoms with Crippen molar-refractivity contribution in [1.29, 1.82) is 0 Å². The lowest BCUT2D eigenvalue weighted by Crippen LogP contribution is -2.46. The molecule has 6 rings (SSSR count). The SMILES string of the molecule is CC(C)c1c[nH]c(=O)n1CC1CC1C1C2CC3CC(C2)CC1C3. The van der Waals surface area contributed by atoms with Crippen molar-refractivity contribution >= 4 is 0 Å². The van der Waals surface area contributed by atoms with Crippen LogP contribution in [0, 0.1) is 41.4 Å². The van der Waals surface area contributed by atoms with E-state index < -0.39 is 0 Å². The summed E-state index contributed by atoms with van der Waals surface area (Å²) in [6, 6.07) is 0. The Kier molecular flexibility index (Phi) is 3.12. The Morgan fingerprint density at radius 2 is 1.74 bits per heavy atom. The second-order valence-electron chi connectivity index (χ2n) is 9.45. The Hall–Kier alpha value is -0.990. The zero-order chi connectivity index (χ0) is 15.7. The molecular formula is C20H30N2O. The van der Waals surface area contributed by atoms with E-state index in [1.54, 1.807) is 6.42 Å².